The summed E-state index contributed by atoms with van der Waals surface area (Å²) in [5.74, 6) is 0.0343. The molecule has 2 unspecified atom stereocenters. The Kier molecular flexibility index (Phi) is 5.56. The average Bonchev–Trinajstić information content (AvgIpc) is 3.46. The number of benzene rings is 2. The van der Waals surface area contributed by atoms with Crippen LogP contribution in [0.15, 0.2) is 65.0 Å². The van der Waals surface area contributed by atoms with Crippen LogP contribution in [0.1, 0.15) is 17.9 Å². The van der Waals surface area contributed by atoms with E-state index in [0.717, 1.165) is 17.8 Å². The third kappa shape index (κ3) is 4.07. The van der Waals surface area contributed by atoms with Crippen molar-refractivity contribution in [1.82, 2.24) is 14.2 Å². The normalized spacial score (nSPS) is 21.5. The van der Waals surface area contributed by atoms with Crippen LogP contribution >= 0.6 is 11.3 Å². The van der Waals surface area contributed by atoms with E-state index >= 15 is 0 Å². The Bertz CT molecular complexity index is 1220. The maximum Gasteiger partial charge on any atom is 0.254 e. The van der Waals surface area contributed by atoms with Crippen molar-refractivity contribution in [3.63, 3.8) is 0 Å². The maximum absolute atomic E-state index is 13.1. The number of piperazine rings is 1. The van der Waals surface area contributed by atoms with Gasteiger partial charge in [-0.15, -0.1) is 11.3 Å². The molecule has 3 aromatic rings. The van der Waals surface area contributed by atoms with E-state index in [4.69, 9.17) is 0 Å². The summed E-state index contributed by atoms with van der Waals surface area (Å²) < 4.78 is 40.9. The highest BCUT2D eigenvalue weighted by atomic mass is 32.2. The van der Waals surface area contributed by atoms with Crippen molar-refractivity contribution < 1.29 is 17.6 Å². The van der Waals surface area contributed by atoms with Gasteiger partial charge in [-0.1, -0.05) is 30.3 Å². The molecule has 2 aromatic carbocycles. The van der Waals surface area contributed by atoms with Gasteiger partial charge in [-0.05, 0) is 42.2 Å². The molecule has 1 aliphatic carbocycles. The molecule has 2 fully saturated rings. The van der Waals surface area contributed by atoms with Crippen LogP contribution in [-0.4, -0.2) is 54.7 Å². The molecule has 2 heterocycles. The highest BCUT2D eigenvalue weighted by Crippen LogP contribution is 2.48. The number of hydrogen-bond acceptors (Lipinski definition) is 5. The second kappa shape index (κ2) is 8.38. The first kappa shape index (κ1) is 21.2. The topological polar surface area (TPSA) is 70.6 Å². The van der Waals surface area contributed by atoms with Crippen LogP contribution in [0.5, 0.6) is 0 Å². The van der Waals surface area contributed by atoms with Crippen LogP contribution in [0.25, 0.3) is 10.6 Å². The van der Waals surface area contributed by atoms with Crippen LogP contribution in [-0.2, 0) is 14.8 Å². The first-order valence-electron chi connectivity index (χ1n) is 10.5. The highest BCUT2D eigenvalue weighted by Gasteiger charge is 2.46. The van der Waals surface area contributed by atoms with E-state index in [-0.39, 0.29) is 40.9 Å². The number of sulfonamides is 1. The standard InChI is InChI=1S/C23H22FN3O3S2/c24-18-8-6-17(7-9-18)22-25-15-21(31-22)32(29,30)27-12-10-26(11-13-27)23(28)20-14-19(20)16-4-2-1-3-5-16/h1-9,15,19-20H,10-14H2. The van der Waals surface area contributed by atoms with Crippen molar-refractivity contribution in [3.8, 4) is 10.6 Å². The fourth-order valence-electron chi connectivity index (χ4n) is 4.15. The van der Waals surface area contributed by atoms with E-state index in [1.54, 1.807) is 17.0 Å². The van der Waals surface area contributed by atoms with Crippen molar-refractivity contribution >= 4 is 27.3 Å². The lowest BCUT2D eigenvalue weighted by atomic mass is 10.1. The van der Waals surface area contributed by atoms with Crippen molar-refractivity contribution in [3.05, 3.63) is 72.2 Å². The van der Waals surface area contributed by atoms with Gasteiger partial charge in [-0.3, -0.25) is 4.79 Å². The maximum atomic E-state index is 13.1. The van der Waals surface area contributed by atoms with Gasteiger partial charge in [0.05, 0.1) is 6.20 Å². The quantitative estimate of drug-likeness (QED) is 0.570. The number of aromatic nitrogens is 1. The van der Waals surface area contributed by atoms with Gasteiger partial charge in [0.1, 0.15) is 10.8 Å². The SMILES string of the molecule is O=C(C1CC1c1ccccc1)N1CCN(S(=O)(=O)c2cnc(-c3ccc(F)cc3)s2)CC1. The Morgan fingerprint density at radius 2 is 1.69 bits per heavy atom. The zero-order chi connectivity index (χ0) is 22.3. The smallest absolute Gasteiger partial charge is 0.254 e. The Balaban J connectivity index is 1.21. The van der Waals surface area contributed by atoms with Crippen LogP contribution in [0.2, 0.25) is 0 Å². The summed E-state index contributed by atoms with van der Waals surface area (Å²) in [6, 6.07) is 15.8. The van der Waals surface area contributed by atoms with E-state index in [1.165, 1.54) is 28.2 Å². The summed E-state index contributed by atoms with van der Waals surface area (Å²) in [5, 5.41) is 0.526. The van der Waals surface area contributed by atoms with Gasteiger partial charge in [-0.2, -0.15) is 4.31 Å². The zero-order valence-corrected chi connectivity index (χ0v) is 18.9. The summed E-state index contributed by atoms with van der Waals surface area (Å²) in [6.07, 6.45) is 2.21. The van der Waals surface area contributed by atoms with Gasteiger partial charge in [0.15, 0.2) is 4.21 Å². The van der Waals surface area contributed by atoms with Crippen LogP contribution < -0.4 is 0 Å². The second-order valence-corrected chi connectivity index (χ2v) is 11.3. The van der Waals surface area contributed by atoms with E-state index in [1.807, 2.05) is 18.2 Å². The van der Waals surface area contributed by atoms with Gasteiger partial charge in [0.25, 0.3) is 10.0 Å². The fraction of sp³-hybridized carbons (Fsp3) is 0.304. The molecule has 166 valence electrons. The van der Waals surface area contributed by atoms with E-state index in [0.29, 0.717) is 23.7 Å². The minimum absolute atomic E-state index is 0.000297. The summed E-state index contributed by atoms with van der Waals surface area (Å²) in [5.41, 5.74) is 1.86. The molecule has 5 rings (SSSR count). The van der Waals surface area contributed by atoms with Gasteiger partial charge >= 0.3 is 0 Å². The summed E-state index contributed by atoms with van der Waals surface area (Å²) in [4.78, 5) is 18.9. The van der Waals surface area contributed by atoms with Crippen molar-refractivity contribution in [2.24, 2.45) is 5.92 Å². The second-order valence-electron chi connectivity index (χ2n) is 8.08. The number of thiazole rings is 1. The summed E-state index contributed by atoms with van der Waals surface area (Å²) in [6.45, 7) is 1.31. The molecule has 2 aliphatic rings. The molecule has 2 atom stereocenters. The zero-order valence-electron chi connectivity index (χ0n) is 17.2. The molecule has 1 aliphatic heterocycles. The third-order valence-corrected chi connectivity index (χ3v) is 9.44. The number of halogens is 1. The molecule has 1 saturated carbocycles. The lowest BCUT2D eigenvalue weighted by Crippen LogP contribution is -2.50. The number of amides is 1. The molecule has 1 aromatic heterocycles. The van der Waals surface area contributed by atoms with E-state index in [2.05, 4.69) is 17.1 Å². The minimum atomic E-state index is -3.69. The van der Waals surface area contributed by atoms with E-state index < -0.39 is 10.0 Å². The Morgan fingerprint density at radius 1 is 1.00 bits per heavy atom. The number of carbonyl (C=O) groups is 1. The average molecular weight is 472 g/mol. The van der Waals surface area contributed by atoms with Crippen molar-refractivity contribution in [2.75, 3.05) is 26.2 Å². The van der Waals surface area contributed by atoms with Crippen molar-refractivity contribution in [1.29, 1.82) is 0 Å². The molecule has 0 spiro atoms. The lowest BCUT2D eigenvalue weighted by Gasteiger charge is -2.33. The number of rotatable bonds is 5. The summed E-state index contributed by atoms with van der Waals surface area (Å²) >= 11 is 1.07. The molecular formula is C23H22FN3O3S2. The number of carbonyl (C=O) groups excluding carboxylic acids is 1. The molecule has 6 nitrogen and oxygen atoms in total. The molecule has 9 heteroatoms. The van der Waals surface area contributed by atoms with E-state index in [9.17, 15) is 17.6 Å². The third-order valence-electron chi connectivity index (χ3n) is 6.06. The predicted octanol–water partition coefficient (Wildman–Crippen LogP) is 3.59. The molecular weight excluding hydrogens is 449 g/mol. The fourth-order valence-corrected chi connectivity index (χ4v) is 6.87. The molecule has 1 amide bonds. The molecule has 0 bridgehead atoms. The van der Waals surface area contributed by atoms with Crippen LogP contribution in [0.4, 0.5) is 4.39 Å². The number of hydrogen-bond donors (Lipinski definition) is 0. The van der Waals surface area contributed by atoms with Crippen LogP contribution in [0.3, 0.4) is 0 Å². The van der Waals surface area contributed by atoms with Gasteiger partial charge in [0.2, 0.25) is 5.91 Å². The molecule has 32 heavy (non-hydrogen) atoms. The predicted molar refractivity (Wildman–Crippen MR) is 120 cm³/mol. The highest BCUT2D eigenvalue weighted by molar-refractivity contribution is 7.91. The van der Waals surface area contributed by atoms with Gasteiger partial charge in [-0.25, -0.2) is 17.8 Å². The van der Waals surface area contributed by atoms with Gasteiger partial charge < -0.3 is 4.90 Å². The largest absolute Gasteiger partial charge is 0.340 e. The first-order valence-corrected chi connectivity index (χ1v) is 12.7. The monoisotopic (exact) mass is 471 g/mol. The lowest BCUT2D eigenvalue weighted by molar-refractivity contribution is -0.133. The Labute approximate surface area is 190 Å². The molecule has 0 radical (unpaired) electrons. The Morgan fingerprint density at radius 3 is 2.38 bits per heavy atom. The molecule has 1 saturated heterocycles. The minimum Gasteiger partial charge on any atom is -0.340 e. The Hall–Kier alpha value is -2.62. The van der Waals surface area contributed by atoms with Crippen LogP contribution in [0, 0.1) is 11.7 Å². The summed E-state index contributed by atoms with van der Waals surface area (Å²) in [7, 11) is -3.69. The van der Waals surface area contributed by atoms with Crippen molar-refractivity contribution in [2.45, 2.75) is 16.5 Å². The van der Waals surface area contributed by atoms with Gasteiger partial charge in [0, 0.05) is 37.7 Å². The number of nitrogens with zero attached hydrogens (tertiary/aromatic N) is 3. The first-order chi connectivity index (χ1) is 15.4. The molecule has 0 N–H and O–H groups in total.